The van der Waals surface area contributed by atoms with Gasteiger partial charge in [-0.05, 0) is 61.6 Å². The second kappa shape index (κ2) is 19.3. The molecule has 0 unspecified atom stereocenters. The number of hydrogen-bond acceptors (Lipinski definition) is 2. The third-order valence-electron chi connectivity index (χ3n) is 17.8. The Labute approximate surface area is 508 Å². The quantitative estimate of drug-likeness (QED) is 0.149. The van der Waals surface area contributed by atoms with Gasteiger partial charge in [-0.2, -0.15) is 0 Å². The molecule has 85 heavy (non-hydrogen) atoms. The summed E-state index contributed by atoms with van der Waals surface area (Å²) < 4.78 is 15.1. The standard InChI is InChI=1S/C79H64N4O.Pt/c1-76(2,3)52-39-40-80-74(44-52)83-72-46-57(37-38-63(72)65-47-64-62-29-15-18-34-68(62)79(69(64)48-73(65)83)66-32-16-13-27-60(66)61-28-14-17-33-67(61)79)84-56-26-21-25-55(45-56)81-49-82(71-36-20-19-35-70(71)81)75-58(50-23-11-10-12-24-50)30-22-31-59(75)51-41-53(77(4,5)6)43-54(42-51)78(7,8)9;/h10-44,47-48H,1-9H3;/q-2;. The van der Waals surface area contributed by atoms with E-state index in [1.807, 2.05) is 12.3 Å². The number of imidazole rings is 1. The molecule has 0 saturated carbocycles. The Hall–Kier alpha value is -8.89. The molecule has 0 fully saturated rings. The summed E-state index contributed by atoms with van der Waals surface area (Å²) in [5.74, 6) is 2.00. The average molecular weight is 1280 g/mol. The summed E-state index contributed by atoms with van der Waals surface area (Å²) >= 11 is 2.53. The zero-order chi connectivity index (χ0) is 58.3. The Balaban J connectivity index is 0.898. The van der Waals surface area contributed by atoms with Crippen molar-refractivity contribution in [3.8, 4) is 73.2 Å². The fourth-order valence-corrected chi connectivity index (χ4v) is 14.7. The van der Waals surface area contributed by atoms with Crippen LogP contribution in [0.2, 0.25) is 0 Å². The van der Waals surface area contributed by atoms with Crippen molar-refractivity contribution in [3.05, 3.63) is 279 Å². The van der Waals surface area contributed by atoms with Gasteiger partial charge in [0, 0.05) is 6.20 Å². The van der Waals surface area contributed by atoms with Crippen molar-refractivity contribution >= 4 is 32.8 Å². The van der Waals surface area contributed by atoms with Crippen molar-refractivity contribution in [1.82, 2.24) is 18.7 Å². The van der Waals surface area contributed by atoms with Crippen molar-refractivity contribution < 1.29 is 24.1 Å². The van der Waals surface area contributed by atoms with Crippen molar-refractivity contribution in [3.63, 3.8) is 0 Å². The number of pyridine rings is 1. The van der Waals surface area contributed by atoms with E-state index in [4.69, 9.17) is 9.72 Å². The molecule has 0 radical (unpaired) electrons. The van der Waals surface area contributed by atoms with Crippen LogP contribution in [0.5, 0.6) is 11.5 Å². The maximum atomic E-state index is 7.00. The minimum absolute atomic E-state index is 0.0562. The molecule has 0 amide bonds. The molecular weight excluding hydrogens is 1220 g/mol. The first kappa shape index (κ1) is 52.9. The van der Waals surface area contributed by atoms with Crippen LogP contribution in [0.15, 0.2) is 225 Å². The summed E-state index contributed by atoms with van der Waals surface area (Å²) in [6, 6.07) is 87.9. The molecule has 6 heteroatoms. The van der Waals surface area contributed by atoms with Crippen LogP contribution in [0, 0.1) is 15.9 Å². The Bertz CT molecular complexity index is 4880. The number of rotatable bonds is 7. The summed E-state index contributed by atoms with van der Waals surface area (Å²) in [7, 11) is 0. The summed E-state index contributed by atoms with van der Waals surface area (Å²) in [5.41, 5.74) is 24.1. The fourth-order valence-electron chi connectivity index (χ4n) is 13.6. The number of fused-ring (bicyclic) bond motifs is 14. The Morgan fingerprint density at radius 2 is 0.941 bits per heavy atom. The summed E-state index contributed by atoms with van der Waals surface area (Å²) in [4.78, 5) is 5.17. The number of nitrogens with zero attached hydrogens (tertiary/aromatic N) is 4. The fraction of sp³-hybridized carbons (Fsp3) is 0.165. The predicted octanol–water partition coefficient (Wildman–Crippen LogP) is 20.0. The van der Waals surface area contributed by atoms with Gasteiger partial charge in [0.2, 0.25) is 0 Å². The second-order valence-electron chi connectivity index (χ2n) is 26.1. The molecule has 10 aromatic carbocycles. The van der Waals surface area contributed by atoms with Crippen molar-refractivity contribution in [2.45, 2.75) is 84.0 Å². The molecule has 13 aromatic rings. The Morgan fingerprint density at radius 1 is 0.400 bits per heavy atom. The van der Waals surface area contributed by atoms with E-state index in [0.717, 1.165) is 70.5 Å². The van der Waals surface area contributed by atoms with Gasteiger partial charge in [-0.1, -0.05) is 93.6 Å². The monoisotopic (exact) mass is 1280 g/mol. The van der Waals surface area contributed by atoms with Gasteiger partial charge in [-0.25, -0.2) is 0 Å². The molecule has 2 aliphatic carbocycles. The first-order valence-corrected chi connectivity index (χ1v) is 30.7. The molecule has 418 valence electrons. The second-order valence-corrected chi connectivity index (χ2v) is 27.2. The van der Waals surface area contributed by atoms with Crippen LogP contribution in [0.4, 0.5) is 0 Å². The number of benzene rings is 10. The van der Waals surface area contributed by atoms with Crippen molar-refractivity contribution in [1.29, 1.82) is 0 Å². The third-order valence-corrected chi connectivity index (χ3v) is 18.9. The molecule has 0 aliphatic heterocycles. The van der Waals surface area contributed by atoms with Crippen LogP contribution >= 0.6 is 0 Å². The van der Waals surface area contributed by atoms with E-state index in [1.54, 1.807) is 0 Å². The van der Waals surface area contributed by atoms with Crippen LogP contribution in [0.3, 0.4) is 0 Å². The van der Waals surface area contributed by atoms with Crippen LogP contribution < -0.4 is 4.74 Å². The van der Waals surface area contributed by atoms with E-state index in [9.17, 15) is 0 Å². The average Bonchev–Trinajstić information content (AvgIpc) is 1.58. The van der Waals surface area contributed by atoms with Gasteiger partial charge >= 0.3 is 346 Å². The maximum absolute atomic E-state index is 7.00. The van der Waals surface area contributed by atoms with Crippen LogP contribution in [0.1, 0.15) is 101 Å². The van der Waals surface area contributed by atoms with E-state index in [1.165, 1.54) is 66.8 Å². The van der Waals surface area contributed by atoms with E-state index >= 15 is 0 Å². The molecule has 0 atom stereocenters. The van der Waals surface area contributed by atoms with Crippen molar-refractivity contribution in [2.24, 2.45) is 0 Å². The molecule has 15 rings (SSSR count). The van der Waals surface area contributed by atoms with E-state index in [0.29, 0.717) is 11.5 Å². The number of aromatic nitrogens is 4. The van der Waals surface area contributed by atoms with Gasteiger partial charge in [-0.3, -0.25) is 0 Å². The van der Waals surface area contributed by atoms with Gasteiger partial charge in [0.1, 0.15) is 0 Å². The minimum atomic E-state index is -0.502. The molecule has 1 spiro atoms. The molecule has 0 saturated heterocycles. The van der Waals surface area contributed by atoms with Gasteiger partial charge in [0.25, 0.3) is 0 Å². The predicted molar refractivity (Wildman–Crippen MR) is 345 cm³/mol. The first-order chi connectivity index (χ1) is 41.0. The SMILES string of the molecule is CC(C)(C)c1cc(-c2cccc(-c3ccccc3)c2-n2[c](=[Pt])n(-c3[c-]c(Oc4[c-]c5c(cc4)c4cc6c(cc4n5-c4cc(C(C)(C)C)ccn4)C4(c5ccccc5-c5ccccc54)c4ccccc4-6)ccc3)c3ccccc32)cc(C(C)(C)C)c1. The van der Waals surface area contributed by atoms with Crippen LogP contribution in [-0.2, 0) is 41.0 Å². The number of hydrogen-bond donors (Lipinski definition) is 0. The number of ether oxygens (including phenoxy) is 1. The van der Waals surface area contributed by atoms with Crippen LogP contribution in [0.25, 0.3) is 94.5 Å². The van der Waals surface area contributed by atoms with E-state index in [2.05, 4.69) is 320 Å². The van der Waals surface area contributed by atoms with Crippen LogP contribution in [-0.4, -0.2) is 18.7 Å². The van der Waals surface area contributed by atoms with Gasteiger partial charge in [-0.15, -0.1) is 0 Å². The molecule has 3 heterocycles. The van der Waals surface area contributed by atoms with Crippen molar-refractivity contribution in [2.75, 3.05) is 0 Å². The Morgan fingerprint density at radius 3 is 1.58 bits per heavy atom. The first-order valence-electron chi connectivity index (χ1n) is 29.5. The topological polar surface area (TPSA) is 36.9 Å². The third kappa shape index (κ3) is 8.29. The van der Waals surface area contributed by atoms with Gasteiger partial charge < -0.3 is 0 Å². The van der Waals surface area contributed by atoms with Gasteiger partial charge in [0.15, 0.2) is 0 Å². The normalized spacial score (nSPS) is 13.4. The van der Waals surface area contributed by atoms with E-state index in [-0.39, 0.29) is 16.2 Å². The molecular formula is C79H64N4OPt-2. The molecule has 0 N–H and O–H groups in total. The van der Waals surface area contributed by atoms with Gasteiger partial charge in [0.05, 0.1) is 5.41 Å². The summed E-state index contributed by atoms with van der Waals surface area (Å²) in [5, 5.41) is 2.21. The molecule has 0 bridgehead atoms. The molecule has 5 nitrogen and oxygen atoms in total. The summed E-state index contributed by atoms with van der Waals surface area (Å²) in [6.45, 7) is 20.7. The molecule has 3 aromatic heterocycles. The number of para-hydroxylation sites is 3. The van der Waals surface area contributed by atoms with E-state index < -0.39 is 5.41 Å². The Kier molecular flexibility index (Phi) is 12.0. The zero-order valence-corrected chi connectivity index (χ0v) is 51.6. The molecule has 2 aliphatic rings. The summed E-state index contributed by atoms with van der Waals surface area (Å²) in [6.07, 6.45) is 1.95. The zero-order valence-electron chi connectivity index (χ0n) is 49.4.